The van der Waals surface area contributed by atoms with Crippen LogP contribution in [0.4, 0.5) is 0 Å². The Labute approximate surface area is 162 Å². The molecule has 0 saturated heterocycles. The molecule has 0 radical (unpaired) electrons. The van der Waals surface area contributed by atoms with E-state index in [4.69, 9.17) is 13.9 Å². The lowest BCUT2D eigenvalue weighted by molar-refractivity contribution is 0.354. The van der Waals surface area contributed by atoms with Crippen molar-refractivity contribution in [3.63, 3.8) is 0 Å². The monoisotopic (exact) mass is 406 g/mol. The molecule has 0 bridgehead atoms. The van der Waals surface area contributed by atoms with Crippen LogP contribution in [0.3, 0.4) is 0 Å². The molecular formula is C19H22N2O6S. The lowest BCUT2D eigenvalue weighted by Gasteiger charge is -2.16. The van der Waals surface area contributed by atoms with E-state index in [1.165, 1.54) is 29.8 Å². The Balaban J connectivity index is 1.80. The summed E-state index contributed by atoms with van der Waals surface area (Å²) in [5.41, 5.74) is 1.66. The molecule has 1 atom stereocenters. The summed E-state index contributed by atoms with van der Waals surface area (Å²) in [6, 6.07) is 9.40. The molecule has 1 aromatic heterocycles. The molecular weight excluding hydrogens is 384 g/mol. The van der Waals surface area contributed by atoms with Crippen LogP contribution in [-0.2, 0) is 23.5 Å². The maximum absolute atomic E-state index is 12.7. The molecule has 0 unspecified atom stereocenters. The van der Waals surface area contributed by atoms with Crippen LogP contribution in [0.1, 0.15) is 12.5 Å². The van der Waals surface area contributed by atoms with Crippen molar-refractivity contribution in [1.82, 2.24) is 9.29 Å². The zero-order valence-electron chi connectivity index (χ0n) is 16.1. The lowest BCUT2D eigenvalue weighted by Crippen LogP contribution is -2.34. The Morgan fingerprint density at radius 3 is 2.50 bits per heavy atom. The molecule has 0 spiro atoms. The fraction of sp³-hybridized carbons (Fsp3) is 0.316. The number of methoxy groups -OCH3 is 2. The first-order valence-electron chi connectivity index (χ1n) is 8.58. The molecule has 1 N–H and O–H groups in total. The Bertz CT molecular complexity index is 1160. The number of nitrogens with zero attached hydrogens (tertiary/aromatic N) is 1. The van der Waals surface area contributed by atoms with Gasteiger partial charge in [0.15, 0.2) is 17.1 Å². The van der Waals surface area contributed by atoms with E-state index < -0.39 is 15.8 Å². The highest BCUT2D eigenvalue weighted by Crippen LogP contribution is 2.28. The summed E-state index contributed by atoms with van der Waals surface area (Å²) in [6.07, 6.45) is 0.464. The van der Waals surface area contributed by atoms with Gasteiger partial charge >= 0.3 is 5.76 Å². The zero-order chi connectivity index (χ0) is 20.5. The largest absolute Gasteiger partial charge is 0.493 e. The summed E-state index contributed by atoms with van der Waals surface area (Å²) in [5, 5.41) is 0. The molecule has 0 aliphatic rings. The maximum Gasteiger partial charge on any atom is 0.419 e. The first-order chi connectivity index (χ1) is 13.2. The van der Waals surface area contributed by atoms with Crippen LogP contribution < -0.4 is 20.0 Å². The predicted molar refractivity (Wildman–Crippen MR) is 104 cm³/mol. The van der Waals surface area contributed by atoms with E-state index >= 15 is 0 Å². The summed E-state index contributed by atoms with van der Waals surface area (Å²) in [7, 11) is 0.861. The number of sulfonamides is 1. The first kappa shape index (κ1) is 20.0. The smallest absolute Gasteiger partial charge is 0.419 e. The van der Waals surface area contributed by atoms with Gasteiger partial charge in [-0.3, -0.25) is 4.57 Å². The van der Waals surface area contributed by atoms with Gasteiger partial charge in [-0.2, -0.15) is 0 Å². The summed E-state index contributed by atoms with van der Waals surface area (Å²) in [5.74, 6) is 0.652. The number of fused-ring (bicyclic) bond motifs is 1. The van der Waals surface area contributed by atoms with E-state index in [9.17, 15) is 13.2 Å². The molecule has 0 aliphatic carbocycles. The summed E-state index contributed by atoms with van der Waals surface area (Å²) in [4.78, 5) is 11.7. The van der Waals surface area contributed by atoms with E-state index in [0.29, 0.717) is 29.0 Å². The van der Waals surface area contributed by atoms with Crippen molar-refractivity contribution in [1.29, 1.82) is 0 Å². The molecule has 9 heteroatoms. The molecule has 28 heavy (non-hydrogen) atoms. The van der Waals surface area contributed by atoms with Gasteiger partial charge in [-0.25, -0.2) is 17.9 Å². The molecule has 0 fully saturated rings. The van der Waals surface area contributed by atoms with Crippen molar-refractivity contribution in [2.24, 2.45) is 7.05 Å². The van der Waals surface area contributed by atoms with E-state index in [1.807, 2.05) is 12.1 Å². The van der Waals surface area contributed by atoms with Gasteiger partial charge in [0.1, 0.15) is 0 Å². The molecule has 8 nitrogen and oxygen atoms in total. The number of nitrogens with one attached hydrogen (secondary N) is 1. The second-order valence-corrected chi connectivity index (χ2v) is 8.19. The van der Waals surface area contributed by atoms with Gasteiger partial charge in [0.2, 0.25) is 10.0 Å². The van der Waals surface area contributed by atoms with Gasteiger partial charge in [0.25, 0.3) is 0 Å². The molecule has 0 aliphatic heterocycles. The average Bonchev–Trinajstić information content (AvgIpc) is 2.94. The van der Waals surface area contributed by atoms with Crippen LogP contribution in [0.5, 0.6) is 11.5 Å². The van der Waals surface area contributed by atoms with Gasteiger partial charge in [-0.15, -0.1) is 0 Å². The van der Waals surface area contributed by atoms with Crippen LogP contribution in [0.25, 0.3) is 11.1 Å². The first-order valence-corrected chi connectivity index (χ1v) is 10.1. The molecule has 150 valence electrons. The van der Waals surface area contributed by atoms with Gasteiger partial charge < -0.3 is 13.9 Å². The molecule has 1 heterocycles. The average molecular weight is 406 g/mol. The minimum atomic E-state index is -3.77. The second-order valence-electron chi connectivity index (χ2n) is 6.47. The van der Waals surface area contributed by atoms with E-state index in [1.54, 1.807) is 27.2 Å². The number of hydrogen-bond donors (Lipinski definition) is 1. The van der Waals surface area contributed by atoms with Gasteiger partial charge in [0, 0.05) is 13.1 Å². The molecule has 0 saturated carbocycles. The Morgan fingerprint density at radius 1 is 1.11 bits per heavy atom. The molecule has 3 rings (SSSR count). The fourth-order valence-corrected chi connectivity index (χ4v) is 4.27. The number of benzene rings is 2. The van der Waals surface area contributed by atoms with Gasteiger partial charge in [-0.1, -0.05) is 6.07 Å². The van der Waals surface area contributed by atoms with Crippen LogP contribution in [0.2, 0.25) is 0 Å². The maximum atomic E-state index is 12.7. The zero-order valence-corrected chi connectivity index (χ0v) is 16.9. The highest BCUT2D eigenvalue weighted by atomic mass is 32.2. The predicted octanol–water partition coefficient (Wildman–Crippen LogP) is 2.06. The minimum Gasteiger partial charge on any atom is -0.493 e. The number of aryl methyl sites for hydroxylation is 1. The van der Waals surface area contributed by atoms with Crippen molar-refractivity contribution < 1.29 is 22.3 Å². The number of hydrogen-bond acceptors (Lipinski definition) is 6. The highest BCUT2D eigenvalue weighted by molar-refractivity contribution is 7.89. The van der Waals surface area contributed by atoms with Crippen molar-refractivity contribution in [2.45, 2.75) is 24.3 Å². The fourth-order valence-electron chi connectivity index (χ4n) is 3.01. The van der Waals surface area contributed by atoms with Crippen LogP contribution >= 0.6 is 0 Å². The normalized spacial score (nSPS) is 12.9. The number of aromatic nitrogens is 1. The van der Waals surface area contributed by atoms with Gasteiger partial charge in [0.05, 0.1) is 24.6 Å². The number of oxazole rings is 1. The molecule has 2 aromatic carbocycles. The SMILES string of the molecule is COc1ccc(C[C@@H](C)NS(=O)(=O)c2ccc3oc(=O)n(C)c3c2)cc1OC. The van der Waals surface area contributed by atoms with E-state index in [0.717, 1.165) is 5.56 Å². The van der Waals surface area contributed by atoms with Gasteiger partial charge in [-0.05, 0) is 49.2 Å². The summed E-state index contributed by atoms with van der Waals surface area (Å²) < 4.78 is 44.9. The van der Waals surface area contributed by atoms with Crippen LogP contribution in [-0.4, -0.2) is 33.2 Å². The van der Waals surface area contributed by atoms with Crippen molar-refractivity contribution in [3.8, 4) is 11.5 Å². The van der Waals surface area contributed by atoms with Crippen molar-refractivity contribution >= 4 is 21.1 Å². The van der Waals surface area contributed by atoms with Crippen molar-refractivity contribution in [2.75, 3.05) is 14.2 Å². The lowest BCUT2D eigenvalue weighted by atomic mass is 10.1. The van der Waals surface area contributed by atoms with Crippen molar-refractivity contribution in [3.05, 3.63) is 52.5 Å². The minimum absolute atomic E-state index is 0.0653. The Kier molecular flexibility index (Phi) is 5.48. The van der Waals surface area contributed by atoms with E-state index in [2.05, 4.69) is 4.72 Å². The third kappa shape index (κ3) is 3.90. The van der Waals surface area contributed by atoms with Crippen LogP contribution in [0, 0.1) is 0 Å². The quantitative estimate of drug-likeness (QED) is 0.645. The Hall–Kier alpha value is -2.78. The third-order valence-corrected chi connectivity index (χ3v) is 6.01. The molecule has 0 amide bonds. The summed E-state index contributed by atoms with van der Waals surface area (Å²) >= 11 is 0. The third-order valence-electron chi connectivity index (χ3n) is 4.42. The van der Waals surface area contributed by atoms with E-state index in [-0.39, 0.29) is 10.9 Å². The number of rotatable bonds is 7. The topological polar surface area (TPSA) is 99.8 Å². The number of ether oxygens (including phenoxy) is 2. The van der Waals surface area contributed by atoms with Crippen LogP contribution in [0.15, 0.2) is 50.5 Å². The molecule has 3 aromatic rings. The Morgan fingerprint density at radius 2 is 1.82 bits per heavy atom. The summed E-state index contributed by atoms with van der Waals surface area (Å²) in [6.45, 7) is 1.78. The second kappa shape index (κ2) is 7.69. The standard InChI is InChI=1S/C19H22N2O6S/c1-12(9-13-5-7-17(25-3)18(10-13)26-4)20-28(23,24)14-6-8-16-15(11-14)21(2)19(22)27-16/h5-8,10-12,20H,9H2,1-4H3/t12-/m1/s1. The highest BCUT2D eigenvalue weighted by Gasteiger charge is 2.20.